The summed E-state index contributed by atoms with van der Waals surface area (Å²) < 4.78 is 5.30. The van der Waals surface area contributed by atoms with E-state index in [-0.39, 0.29) is 17.3 Å². The van der Waals surface area contributed by atoms with Gasteiger partial charge in [0.15, 0.2) is 5.69 Å². The molecule has 2 N–H and O–H groups in total. The third kappa shape index (κ3) is 4.92. The van der Waals surface area contributed by atoms with Crippen LogP contribution < -0.4 is 5.32 Å². The molecule has 0 aromatic carbocycles. The molecule has 0 aliphatic heterocycles. The van der Waals surface area contributed by atoms with Crippen LogP contribution in [0.2, 0.25) is 0 Å². The van der Waals surface area contributed by atoms with E-state index < -0.39 is 5.97 Å². The average Bonchev–Trinajstić information content (AvgIpc) is 3.40. The molecule has 1 aromatic heterocycles. The van der Waals surface area contributed by atoms with Crippen molar-refractivity contribution in [1.29, 1.82) is 0 Å². The lowest BCUT2D eigenvalue weighted by Gasteiger charge is -2.10. The van der Waals surface area contributed by atoms with Gasteiger partial charge >= 0.3 is 5.97 Å². The van der Waals surface area contributed by atoms with E-state index in [1.807, 2.05) is 13.8 Å². The molecule has 1 fully saturated rings. The maximum absolute atomic E-state index is 12.1. The number of hydrogen-bond donors (Lipinski definition) is 2. The number of carboxylic acid groups (broad SMARTS) is 1. The van der Waals surface area contributed by atoms with Gasteiger partial charge in [-0.2, -0.15) is 0 Å². The zero-order valence-corrected chi connectivity index (χ0v) is 15.0. The van der Waals surface area contributed by atoms with Crippen molar-refractivity contribution in [2.75, 3.05) is 13.7 Å². The highest BCUT2D eigenvalue weighted by Crippen LogP contribution is 2.27. The number of rotatable bonds is 7. The molecule has 0 atom stereocenters. The highest BCUT2D eigenvalue weighted by Gasteiger charge is 2.23. The van der Waals surface area contributed by atoms with Crippen molar-refractivity contribution < 1.29 is 19.4 Å². The standard InChI is InChI=1S/C19H24N2O4/c1-11(2)16(25-4)9-12(3)14-7-8-15(21-17(14)19(23)24)18(22)20-10-13-5-6-13/h7-9,13H,5-6,10H2,1-4H3,(H,20,22)(H,23,24)/b12-9+. The number of allylic oxidation sites excluding steroid dienone is 3. The molecule has 0 bridgehead atoms. The molecule has 1 heterocycles. The van der Waals surface area contributed by atoms with Crippen molar-refractivity contribution in [2.45, 2.75) is 33.6 Å². The Hall–Kier alpha value is -2.63. The van der Waals surface area contributed by atoms with Crippen molar-refractivity contribution in [1.82, 2.24) is 10.3 Å². The summed E-state index contributed by atoms with van der Waals surface area (Å²) in [5.74, 6) is -0.302. The molecule has 1 aliphatic rings. The Morgan fingerprint density at radius 1 is 1.32 bits per heavy atom. The first-order valence-electron chi connectivity index (χ1n) is 8.26. The lowest BCUT2D eigenvalue weighted by molar-refractivity contribution is 0.0690. The van der Waals surface area contributed by atoms with Crippen molar-refractivity contribution in [2.24, 2.45) is 5.92 Å². The van der Waals surface area contributed by atoms with Crippen LogP contribution in [-0.2, 0) is 4.74 Å². The summed E-state index contributed by atoms with van der Waals surface area (Å²) in [6.45, 7) is 6.22. The summed E-state index contributed by atoms with van der Waals surface area (Å²) in [5, 5.41) is 12.3. The lowest BCUT2D eigenvalue weighted by Crippen LogP contribution is -2.27. The fourth-order valence-electron chi connectivity index (χ4n) is 2.40. The van der Waals surface area contributed by atoms with Gasteiger partial charge in [-0.3, -0.25) is 4.79 Å². The van der Waals surface area contributed by atoms with Gasteiger partial charge < -0.3 is 15.2 Å². The van der Waals surface area contributed by atoms with E-state index in [0.717, 1.165) is 18.4 Å². The van der Waals surface area contributed by atoms with Gasteiger partial charge in [0.05, 0.1) is 7.11 Å². The minimum absolute atomic E-state index is 0.115. The third-order valence-corrected chi connectivity index (χ3v) is 4.06. The van der Waals surface area contributed by atoms with Crippen LogP contribution in [0.4, 0.5) is 0 Å². The molecule has 2 rings (SSSR count). The molecule has 1 aromatic rings. The highest BCUT2D eigenvalue weighted by molar-refractivity contribution is 5.96. The number of nitrogens with zero attached hydrogens (tertiary/aromatic N) is 1. The number of amides is 1. The van der Waals surface area contributed by atoms with Gasteiger partial charge in [0, 0.05) is 12.1 Å². The van der Waals surface area contributed by atoms with Gasteiger partial charge in [0.2, 0.25) is 0 Å². The number of ether oxygens (including phenoxy) is 1. The quantitative estimate of drug-likeness (QED) is 0.585. The first-order chi connectivity index (χ1) is 11.8. The van der Waals surface area contributed by atoms with E-state index in [0.29, 0.717) is 29.4 Å². The lowest BCUT2D eigenvalue weighted by atomic mass is 10.0. The number of nitrogens with one attached hydrogen (secondary N) is 1. The number of carboxylic acids is 1. The van der Waals surface area contributed by atoms with Crippen molar-refractivity contribution in [3.8, 4) is 0 Å². The van der Waals surface area contributed by atoms with Crippen LogP contribution >= 0.6 is 0 Å². The Labute approximate surface area is 147 Å². The summed E-state index contributed by atoms with van der Waals surface area (Å²) in [5.41, 5.74) is 2.11. The third-order valence-electron chi connectivity index (χ3n) is 4.06. The summed E-state index contributed by atoms with van der Waals surface area (Å²) >= 11 is 0. The second-order valence-electron chi connectivity index (χ2n) is 6.45. The Kier molecular flexibility index (Phi) is 5.96. The number of carbonyl (C=O) groups is 2. The number of aromatic nitrogens is 1. The molecule has 6 nitrogen and oxygen atoms in total. The van der Waals surface area contributed by atoms with Crippen LogP contribution in [0.1, 0.15) is 60.2 Å². The van der Waals surface area contributed by atoms with Crippen molar-refractivity contribution in [3.05, 3.63) is 46.5 Å². The van der Waals surface area contributed by atoms with E-state index >= 15 is 0 Å². The monoisotopic (exact) mass is 344 g/mol. The summed E-state index contributed by atoms with van der Waals surface area (Å²) in [6, 6.07) is 3.17. The molecular formula is C19H24N2O4. The Morgan fingerprint density at radius 2 is 2.00 bits per heavy atom. The second-order valence-corrected chi connectivity index (χ2v) is 6.45. The number of aromatic carboxylic acids is 1. The van der Waals surface area contributed by atoms with Crippen LogP contribution in [0, 0.1) is 5.92 Å². The SMILES string of the molecule is COC(/C=C(\C)c1ccc(C(=O)NCC2CC2)nc1C(=O)O)=C(C)C. The topological polar surface area (TPSA) is 88.5 Å². The summed E-state index contributed by atoms with van der Waals surface area (Å²) in [7, 11) is 1.57. The maximum Gasteiger partial charge on any atom is 0.355 e. The van der Waals surface area contributed by atoms with Gasteiger partial charge in [0.1, 0.15) is 11.5 Å². The summed E-state index contributed by atoms with van der Waals surface area (Å²) in [6.07, 6.45) is 4.03. The minimum atomic E-state index is -1.17. The normalized spacial score (nSPS) is 14.0. The average molecular weight is 344 g/mol. The molecule has 6 heteroatoms. The number of pyridine rings is 1. The zero-order chi connectivity index (χ0) is 18.6. The molecule has 0 radical (unpaired) electrons. The predicted molar refractivity (Wildman–Crippen MR) is 95.3 cm³/mol. The van der Waals surface area contributed by atoms with Crippen LogP contribution in [0.3, 0.4) is 0 Å². The van der Waals surface area contributed by atoms with Gasteiger partial charge in [0.25, 0.3) is 5.91 Å². The van der Waals surface area contributed by atoms with E-state index in [1.54, 1.807) is 32.2 Å². The molecular weight excluding hydrogens is 320 g/mol. The van der Waals surface area contributed by atoms with Crippen LogP contribution in [0.15, 0.2) is 29.5 Å². The van der Waals surface area contributed by atoms with Crippen molar-refractivity contribution in [3.63, 3.8) is 0 Å². The number of carbonyl (C=O) groups excluding carboxylic acids is 1. The van der Waals surface area contributed by atoms with Gasteiger partial charge in [-0.05, 0) is 68.9 Å². The zero-order valence-electron chi connectivity index (χ0n) is 15.0. The van der Waals surface area contributed by atoms with Crippen LogP contribution in [-0.4, -0.2) is 35.6 Å². The molecule has 1 aliphatic carbocycles. The molecule has 1 saturated carbocycles. The molecule has 134 valence electrons. The number of methoxy groups -OCH3 is 1. The molecule has 1 amide bonds. The number of hydrogen-bond acceptors (Lipinski definition) is 4. The molecule has 0 unspecified atom stereocenters. The molecule has 0 spiro atoms. The van der Waals surface area contributed by atoms with E-state index in [2.05, 4.69) is 10.3 Å². The van der Waals surface area contributed by atoms with Gasteiger partial charge in [-0.15, -0.1) is 0 Å². The van der Waals surface area contributed by atoms with Gasteiger partial charge in [-0.1, -0.05) is 0 Å². The van der Waals surface area contributed by atoms with E-state index in [4.69, 9.17) is 4.74 Å². The fraction of sp³-hybridized carbons (Fsp3) is 0.421. The van der Waals surface area contributed by atoms with E-state index in [9.17, 15) is 14.7 Å². The molecule has 0 saturated heterocycles. The van der Waals surface area contributed by atoms with Crippen LogP contribution in [0.5, 0.6) is 0 Å². The van der Waals surface area contributed by atoms with Gasteiger partial charge in [-0.25, -0.2) is 9.78 Å². The maximum atomic E-state index is 12.1. The largest absolute Gasteiger partial charge is 0.497 e. The Balaban J connectivity index is 2.32. The highest BCUT2D eigenvalue weighted by atomic mass is 16.5. The first kappa shape index (κ1) is 18.7. The van der Waals surface area contributed by atoms with Crippen LogP contribution in [0.25, 0.3) is 5.57 Å². The fourth-order valence-corrected chi connectivity index (χ4v) is 2.40. The predicted octanol–water partition coefficient (Wildman–Crippen LogP) is 3.26. The Morgan fingerprint density at radius 3 is 2.52 bits per heavy atom. The second kappa shape index (κ2) is 7.96. The van der Waals surface area contributed by atoms with Crippen molar-refractivity contribution >= 4 is 17.4 Å². The first-order valence-corrected chi connectivity index (χ1v) is 8.26. The molecule has 25 heavy (non-hydrogen) atoms. The van der Waals surface area contributed by atoms with E-state index in [1.165, 1.54) is 0 Å². The smallest absolute Gasteiger partial charge is 0.355 e. The summed E-state index contributed by atoms with van der Waals surface area (Å²) in [4.78, 5) is 27.8. The Bertz CT molecular complexity index is 742. The minimum Gasteiger partial charge on any atom is -0.497 e.